The van der Waals surface area contributed by atoms with Crippen LogP contribution < -0.4 is 11.1 Å². The first-order valence-electron chi connectivity index (χ1n) is 6.79. The molecule has 6 heteroatoms. The van der Waals surface area contributed by atoms with Crippen molar-refractivity contribution in [2.45, 2.75) is 12.5 Å². The van der Waals surface area contributed by atoms with Crippen LogP contribution in [0.1, 0.15) is 6.42 Å². The number of aromatic nitrogens is 2. The fraction of sp³-hybridized carbons (Fsp3) is 0.333. The summed E-state index contributed by atoms with van der Waals surface area (Å²) >= 11 is 0. The predicted molar refractivity (Wildman–Crippen MR) is 82.9 cm³/mol. The van der Waals surface area contributed by atoms with E-state index in [1.807, 2.05) is 30.3 Å². The number of nitrogen functional groups attached to an aromatic ring is 1. The lowest BCUT2D eigenvalue weighted by Crippen LogP contribution is -2.26. The third kappa shape index (κ3) is 4.40. The smallest absolute Gasteiger partial charge is 0.163 e. The van der Waals surface area contributed by atoms with E-state index in [2.05, 4.69) is 15.3 Å². The van der Waals surface area contributed by atoms with Crippen LogP contribution in [-0.4, -0.2) is 41.4 Å². The third-order valence-electron chi connectivity index (χ3n) is 2.98. The molecule has 0 radical (unpaired) electrons. The minimum Gasteiger partial charge on any atom is -0.396 e. The topological polar surface area (TPSA) is 93.3 Å². The maximum absolute atomic E-state index is 9.08. The van der Waals surface area contributed by atoms with Crippen LogP contribution >= 0.6 is 0 Å². The molecule has 0 bridgehead atoms. The van der Waals surface area contributed by atoms with Crippen LogP contribution in [0, 0.1) is 0 Å². The van der Waals surface area contributed by atoms with Crippen molar-refractivity contribution >= 4 is 11.6 Å². The second-order valence-corrected chi connectivity index (χ2v) is 4.68. The number of hydrogen-bond acceptors (Lipinski definition) is 6. The molecule has 4 N–H and O–H groups in total. The van der Waals surface area contributed by atoms with Crippen LogP contribution in [0.4, 0.5) is 11.6 Å². The lowest BCUT2D eigenvalue weighted by atomic mass is 10.2. The molecule has 1 aromatic heterocycles. The van der Waals surface area contributed by atoms with E-state index < -0.39 is 0 Å². The molecule has 0 aliphatic rings. The Labute approximate surface area is 124 Å². The molecule has 2 aromatic rings. The van der Waals surface area contributed by atoms with Gasteiger partial charge in [-0.2, -0.15) is 0 Å². The summed E-state index contributed by atoms with van der Waals surface area (Å²) in [5.74, 6) is 1.58. The van der Waals surface area contributed by atoms with Gasteiger partial charge < -0.3 is 20.9 Å². The molecule has 21 heavy (non-hydrogen) atoms. The van der Waals surface area contributed by atoms with E-state index in [-0.39, 0.29) is 12.6 Å². The first-order valence-corrected chi connectivity index (χ1v) is 6.79. The Morgan fingerprint density at radius 1 is 1.29 bits per heavy atom. The maximum Gasteiger partial charge on any atom is 0.163 e. The second-order valence-electron chi connectivity index (χ2n) is 4.68. The number of nitrogens with two attached hydrogens (primary N) is 1. The molecule has 1 aromatic carbocycles. The molecule has 0 aliphatic carbocycles. The maximum atomic E-state index is 9.08. The molecule has 0 saturated carbocycles. The van der Waals surface area contributed by atoms with Gasteiger partial charge in [0.2, 0.25) is 0 Å². The van der Waals surface area contributed by atoms with Crippen LogP contribution in [0.5, 0.6) is 0 Å². The van der Waals surface area contributed by atoms with Crippen molar-refractivity contribution in [2.75, 3.05) is 31.4 Å². The number of benzene rings is 1. The van der Waals surface area contributed by atoms with E-state index in [9.17, 15) is 0 Å². The molecule has 112 valence electrons. The van der Waals surface area contributed by atoms with Gasteiger partial charge in [-0.15, -0.1) is 0 Å². The lowest BCUT2D eigenvalue weighted by molar-refractivity contribution is 0.170. The number of aliphatic hydroxyl groups is 1. The number of aliphatic hydroxyl groups excluding tert-OH is 1. The highest BCUT2D eigenvalue weighted by Gasteiger charge is 2.11. The highest BCUT2D eigenvalue weighted by Crippen LogP contribution is 2.19. The molecule has 0 spiro atoms. The summed E-state index contributed by atoms with van der Waals surface area (Å²) < 4.78 is 5.13. The van der Waals surface area contributed by atoms with Crippen LogP contribution in [0.15, 0.2) is 36.4 Å². The number of nitrogens with zero attached hydrogens (tertiary/aromatic N) is 2. The molecular weight excluding hydrogens is 268 g/mol. The van der Waals surface area contributed by atoms with E-state index in [0.717, 1.165) is 5.56 Å². The van der Waals surface area contributed by atoms with Gasteiger partial charge in [-0.25, -0.2) is 9.97 Å². The molecule has 0 amide bonds. The predicted octanol–water partition coefficient (Wildman–Crippen LogP) is 1.54. The molecule has 1 unspecified atom stereocenters. The Hall–Kier alpha value is -2.18. The molecule has 1 heterocycles. The van der Waals surface area contributed by atoms with Crippen molar-refractivity contribution in [3.8, 4) is 11.4 Å². The average Bonchev–Trinajstić information content (AvgIpc) is 2.48. The van der Waals surface area contributed by atoms with Crippen molar-refractivity contribution in [1.82, 2.24) is 9.97 Å². The number of rotatable bonds is 7. The number of anilines is 2. The van der Waals surface area contributed by atoms with Gasteiger partial charge in [0.1, 0.15) is 11.6 Å². The monoisotopic (exact) mass is 288 g/mol. The van der Waals surface area contributed by atoms with Crippen molar-refractivity contribution < 1.29 is 9.84 Å². The minimum absolute atomic E-state index is 0.0297. The van der Waals surface area contributed by atoms with E-state index in [1.54, 1.807) is 13.2 Å². The number of ether oxygens (including phenoxy) is 1. The molecular formula is C15H20N4O2. The minimum atomic E-state index is -0.0297. The largest absolute Gasteiger partial charge is 0.396 e. The summed E-state index contributed by atoms with van der Waals surface area (Å²) in [6.07, 6.45) is 0.568. The van der Waals surface area contributed by atoms with E-state index in [0.29, 0.717) is 30.5 Å². The highest BCUT2D eigenvalue weighted by atomic mass is 16.5. The Bertz CT molecular complexity index is 557. The molecule has 1 atom stereocenters. The zero-order valence-electron chi connectivity index (χ0n) is 12.0. The highest BCUT2D eigenvalue weighted by molar-refractivity contribution is 5.60. The number of nitrogens with one attached hydrogen (secondary N) is 1. The Morgan fingerprint density at radius 2 is 2.05 bits per heavy atom. The third-order valence-corrected chi connectivity index (χ3v) is 2.98. The van der Waals surface area contributed by atoms with Gasteiger partial charge in [-0.1, -0.05) is 30.3 Å². The summed E-state index contributed by atoms with van der Waals surface area (Å²) in [4.78, 5) is 8.72. The van der Waals surface area contributed by atoms with Gasteiger partial charge in [-0.3, -0.25) is 0 Å². The first kappa shape index (κ1) is 15.2. The quantitative estimate of drug-likeness (QED) is 0.715. The molecule has 6 nitrogen and oxygen atoms in total. The summed E-state index contributed by atoms with van der Waals surface area (Å²) in [5, 5.41) is 12.3. The van der Waals surface area contributed by atoms with Gasteiger partial charge in [0.15, 0.2) is 5.82 Å². The van der Waals surface area contributed by atoms with Crippen LogP contribution in [-0.2, 0) is 4.74 Å². The fourth-order valence-electron chi connectivity index (χ4n) is 2.02. The molecule has 0 aliphatic heterocycles. The van der Waals surface area contributed by atoms with Gasteiger partial charge >= 0.3 is 0 Å². The van der Waals surface area contributed by atoms with E-state index >= 15 is 0 Å². The zero-order chi connectivity index (χ0) is 15.1. The Morgan fingerprint density at radius 3 is 2.71 bits per heavy atom. The van der Waals surface area contributed by atoms with Gasteiger partial charge in [0.05, 0.1) is 12.6 Å². The molecule has 0 saturated heterocycles. The van der Waals surface area contributed by atoms with Crippen molar-refractivity contribution in [1.29, 1.82) is 0 Å². The first-order chi connectivity index (χ1) is 10.2. The normalized spacial score (nSPS) is 12.1. The van der Waals surface area contributed by atoms with Gasteiger partial charge in [0.25, 0.3) is 0 Å². The molecule has 0 fully saturated rings. The zero-order valence-corrected chi connectivity index (χ0v) is 12.0. The van der Waals surface area contributed by atoms with Gasteiger partial charge in [-0.05, 0) is 6.42 Å². The Balaban J connectivity index is 2.22. The van der Waals surface area contributed by atoms with E-state index in [4.69, 9.17) is 15.6 Å². The SMILES string of the molecule is COCC(CCO)Nc1cc(N)nc(-c2ccccc2)n1. The van der Waals surface area contributed by atoms with Crippen LogP contribution in [0.25, 0.3) is 11.4 Å². The summed E-state index contributed by atoms with van der Waals surface area (Å²) in [7, 11) is 1.62. The van der Waals surface area contributed by atoms with Crippen molar-refractivity contribution in [2.24, 2.45) is 0 Å². The lowest BCUT2D eigenvalue weighted by Gasteiger charge is -2.18. The molecule has 2 rings (SSSR count). The Kier molecular flexibility index (Phi) is 5.48. The van der Waals surface area contributed by atoms with Crippen molar-refractivity contribution in [3.05, 3.63) is 36.4 Å². The summed E-state index contributed by atoms with van der Waals surface area (Å²) in [6, 6.07) is 11.3. The summed E-state index contributed by atoms with van der Waals surface area (Å²) in [5.41, 5.74) is 6.75. The number of hydrogen-bond donors (Lipinski definition) is 3. The van der Waals surface area contributed by atoms with Crippen molar-refractivity contribution in [3.63, 3.8) is 0 Å². The van der Waals surface area contributed by atoms with E-state index in [1.165, 1.54) is 0 Å². The van der Waals surface area contributed by atoms with Crippen LogP contribution in [0.3, 0.4) is 0 Å². The fourth-order valence-corrected chi connectivity index (χ4v) is 2.02. The van der Waals surface area contributed by atoms with Gasteiger partial charge in [0, 0.05) is 25.3 Å². The average molecular weight is 288 g/mol. The summed E-state index contributed by atoms with van der Waals surface area (Å²) in [6.45, 7) is 0.554. The standard InChI is InChI=1S/C15H20N4O2/c1-21-10-12(7-8-20)17-14-9-13(16)18-15(19-14)11-5-3-2-4-6-11/h2-6,9,12,20H,7-8,10H2,1H3,(H3,16,17,18,19). The van der Waals surface area contributed by atoms with Crippen LogP contribution in [0.2, 0.25) is 0 Å². The number of methoxy groups -OCH3 is 1. The second kappa shape index (κ2) is 7.56.